The monoisotopic (exact) mass is 505 g/mol. The van der Waals surface area contributed by atoms with Crippen molar-refractivity contribution >= 4 is 41.4 Å². The highest BCUT2D eigenvalue weighted by Gasteiger charge is 2.50. The lowest BCUT2D eigenvalue weighted by molar-refractivity contribution is -0.121. The fourth-order valence-corrected chi connectivity index (χ4v) is 3.47. The first-order chi connectivity index (χ1) is 16.4. The van der Waals surface area contributed by atoms with Crippen LogP contribution in [0.1, 0.15) is 26.3 Å². The molecule has 5 amide bonds. The summed E-state index contributed by atoms with van der Waals surface area (Å²) in [6.45, 7) is 4.25. The van der Waals surface area contributed by atoms with Crippen molar-refractivity contribution in [1.29, 1.82) is 0 Å². The second kappa shape index (κ2) is 10.3. The topological polar surface area (TPSA) is 96.5 Å². The van der Waals surface area contributed by atoms with Gasteiger partial charge in [-0.05, 0) is 44.5 Å². The highest BCUT2D eigenvalue weighted by atomic mass is 35.5. The second-order valence-corrected chi connectivity index (χ2v) is 9.20. The third-order valence-corrected chi connectivity index (χ3v) is 5.32. The molecule has 0 aromatic heterocycles. The van der Waals surface area contributed by atoms with E-state index < -0.39 is 48.1 Å². The molecule has 0 saturated carbocycles. The number of urea groups is 1. The Kier molecular flexibility index (Phi) is 7.64. The minimum absolute atomic E-state index is 0.153. The Morgan fingerprint density at radius 2 is 1.77 bits per heavy atom. The number of nitrogens with zero attached hydrogens (tertiary/aromatic N) is 3. The average Bonchev–Trinajstić information content (AvgIpc) is 3.15. The van der Waals surface area contributed by atoms with Crippen LogP contribution in [0.4, 0.5) is 24.5 Å². The molecular formula is C24H25ClFN3O6. The first-order valence-corrected chi connectivity index (χ1v) is 11.0. The maximum absolute atomic E-state index is 13.6. The zero-order valence-corrected chi connectivity index (χ0v) is 20.4. The minimum atomic E-state index is -1.41. The Morgan fingerprint density at radius 1 is 1.11 bits per heavy atom. The maximum Gasteiger partial charge on any atom is 0.419 e. The summed E-state index contributed by atoms with van der Waals surface area (Å²) < 4.78 is 24.1. The molecular weight excluding hydrogens is 481 g/mol. The molecule has 1 aliphatic heterocycles. The molecule has 186 valence electrons. The van der Waals surface area contributed by atoms with Gasteiger partial charge in [0.25, 0.3) is 5.91 Å². The quantitative estimate of drug-likeness (QED) is 0.591. The molecule has 2 aromatic rings. The van der Waals surface area contributed by atoms with Gasteiger partial charge in [-0.3, -0.25) is 4.79 Å². The number of carbonyl (C=O) groups excluding carboxylic acids is 4. The van der Waals surface area contributed by atoms with Gasteiger partial charge in [0, 0.05) is 12.7 Å². The number of hydrogen-bond acceptors (Lipinski definition) is 6. The number of benzene rings is 2. The molecule has 0 unspecified atom stereocenters. The van der Waals surface area contributed by atoms with Gasteiger partial charge in [-0.25, -0.2) is 28.6 Å². The highest BCUT2D eigenvalue weighted by molar-refractivity contribution is 6.31. The maximum atomic E-state index is 13.6. The summed E-state index contributed by atoms with van der Waals surface area (Å²) in [6.07, 6.45) is -2.11. The van der Waals surface area contributed by atoms with E-state index >= 15 is 0 Å². The molecule has 9 nitrogen and oxygen atoms in total. The number of anilines is 1. The molecule has 35 heavy (non-hydrogen) atoms. The molecule has 0 spiro atoms. The molecule has 11 heteroatoms. The number of imide groups is 2. The van der Waals surface area contributed by atoms with Gasteiger partial charge < -0.3 is 14.4 Å². The predicted octanol–water partition coefficient (Wildman–Crippen LogP) is 4.82. The van der Waals surface area contributed by atoms with E-state index in [1.54, 1.807) is 51.1 Å². The molecule has 1 atom stereocenters. The highest BCUT2D eigenvalue weighted by Crippen LogP contribution is 2.26. The molecule has 1 fully saturated rings. The van der Waals surface area contributed by atoms with Crippen LogP contribution in [-0.2, 0) is 20.9 Å². The van der Waals surface area contributed by atoms with Gasteiger partial charge in [0.2, 0.25) is 0 Å². The van der Waals surface area contributed by atoms with Crippen LogP contribution < -0.4 is 4.90 Å². The molecule has 2 aromatic carbocycles. The van der Waals surface area contributed by atoms with Crippen LogP contribution in [0.2, 0.25) is 5.02 Å². The lowest BCUT2D eigenvalue weighted by Crippen LogP contribution is -2.49. The SMILES string of the molecule is CN(C(=O)[C@@H]1CN(C(=O)OC(C)(C)C)C(=O)N1C(=O)OCc1ccccc1)c1ccc(F)c(Cl)c1. The van der Waals surface area contributed by atoms with Crippen LogP contribution in [0.5, 0.6) is 0 Å². The number of rotatable bonds is 4. The van der Waals surface area contributed by atoms with E-state index in [4.69, 9.17) is 21.1 Å². The molecule has 0 aliphatic carbocycles. The number of ether oxygens (including phenoxy) is 2. The van der Waals surface area contributed by atoms with Crippen molar-refractivity contribution in [1.82, 2.24) is 9.80 Å². The van der Waals surface area contributed by atoms with E-state index in [0.717, 1.165) is 11.0 Å². The smallest absolute Gasteiger partial charge is 0.419 e. The van der Waals surface area contributed by atoms with Crippen LogP contribution in [0.25, 0.3) is 0 Å². The summed E-state index contributed by atoms with van der Waals surface area (Å²) in [4.78, 5) is 54.3. The normalized spacial score (nSPS) is 15.7. The van der Waals surface area contributed by atoms with E-state index in [9.17, 15) is 23.6 Å². The Balaban J connectivity index is 1.87. The lowest BCUT2D eigenvalue weighted by Gasteiger charge is -2.25. The summed E-state index contributed by atoms with van der Waals surface area (Å²) in [5, 5.41) is -0.209. The van der Waals surface area contributed by atoms with Crippen LogP contribution >= 0.6 is 11.6 Å². The molecule has 0 radical (unpaired) electrons. The molecule has 1 saturated heterocycles. The molecule has 0 bridgehead atoms. The van der Waals surface area contributed by atoms with Crippen LogP contribution in [0, 0.1) is 5.82 Å². The van der Waals surface area contributed by atoms with Gasteiger partial charge in [0.1, 0.15) is 24.1 Å². The zero-order chi connectivity index (χ0) is 25.9. The van der Waals surface area contributed by atoms with Crippen molar-refractivity contribution in [2.45, 2.75) is 39.0 Å². The van der Waals surface area contributed by atoms with Crippen molar-refractivity contribution in [2.75, 3.05) is 18.5 Å². The Bertz CT molecular complexity index is 1140. The summed E-state index contributed by atoms with van der Waals surface area (Å²) in [7, 11) is 1.37. The van der Waals surface area contributed by atoms with Crippen molar-refractivity contribution in [3.8, 4) is 0 Å². The summed E-state index contributed by atoms with van der Waals surface area (Å²) >= 11 is 5.83. The van der Waals surface area contributed by atoms with Gasteiger partial charge in [-0.15, -0.1) is 0 Å². The van der Waals surface area contributed by atoms with Gasteiger partial charge in [-0.1, -0.05) is 41.9 Å². The second-order valence-electron chi connectivity index (χ2n) is 8.80. The summed E-state index contributed by atoms with van der Waals surface area (Å²) in [6, 6.07) is 9.91. The number of hydrogen-bond donors (Lipinski definition) is 0. The number of halogens is 2. The summed E-state index contributed by atoms with van der Waals surface area (Å²) in [5.41, 5.74) is -0.0284. The van der Waals surface area contributed by atoms with Crippen molar-refractivity contribution in [3.63, 3.8) is 0 Å². The van der Waals surface area contributed by atoms with E-state index in [1.165, 1.54) is 19.2 Å². The van der Waals surface area contributed by atoms with Gasteiger partial charge in [-0.2, -0.15) is 0 Å². The summed E-state index contributed by atoms with van der Waals surface area (Å²) in [5.74, 6) is -1.39. The van der Waals surface area contributed by atoms with Crippen LogP contribution in [0.3, 0.4) is 0 Å². The Hall–Kier alpha value is -3.66. The number of amides is 5. The minimum Gasteiger partial charge on any atom is -0.444 e. The number of carbonyl (C=O) groups is 4. The largest absolute Gasteiger partial charge is 0.444 e. The average molecular weight is 506 g/mol. The fraction of sp³-hybridized carbons (Fsp3) is 0.333. The van der Waals surface area contributed by atoms with Gasteiger partial charge in [0.15, 0.2) is 0 Å². The van der Waals surface area contributed by atoms with Crippen molar-refractivity contribution in [2.24, 2.45) is 0 Å². The van der Waals surface area contributed by atoms with Crippen molar-refractivity contribution < 1.29 is 33.0 Å². The predicted molar refractivity (Wildman–Crippen MR) is 125 cm³/mol. The first-order valence-electron chi connectivity index (χ1n) is 10.7. The first kappa shape index (κ1) is 26.0. The third-order valence-electron chi connectivity index (χ3n) is 5.03. The van der Waals surface area contributed by atoms with Crippen LogP contribution in [-0.4, -0.2) is 59.2 Å². The lowest BCUT2D eigenvalue weighted by atomic mass is 10.2. The van der Waals surface area contributed by atoms with E-state index in [0.29, 0.717) is 15.4 Å². The van der Waals surface area contributed by atoms with Crippen molar-refractivity contribution in [3.05, 3.63) is 64.9 Å². The molecule has 1 heterocycles. The van der Waals surface area contributed by atoms with Gasteiger partial charge in [0.05, 0.1) is 11.6 Å². The standard InChI is InChI=1S/C24H25ClFN3O6/c1-24(2,3)35-22(32)28-13-19(20(30)27(4)16-10-11-18(26)17(25)12-16)29(21(28)31)23(33)34-14-15-8-6-5-7-9-15/h5-12,19H,13-14H2,1-4H3/t19-/m0/s1. The van der Waals surface area contributed by atoms with Gasteiger partial charge >= 0.3 is 18.2 Å². The fourth-order valence-electron chi connectivity index (χ4n) is 3.29. The molecule has 1 aliphatic rings. The van der Waals surface area contributed by atoms with Crippen LogP contribution in [0.15, 0.2) is 48.5 Å². The van der Waals surface area contributed by atoms with E-state index in [1.807, 2.05) is 0 Å². The Morgan fingerprint density at radius 3 is 2.37 bits per heavy atom. The molecule has 0 N–H and O–H groups in total. The molecule has 3 rings (SSSR count). The van der Waals surface area contributed by atoms with E-state index in [2.05, 4.69) is 0 Å². The Labute approximate surface area is 206 Å². The third kappa shape index (κ3) is 6.07. The number of likely N-dealkylation sites (N-methyl/N-ethyl adjacent to an activating group) is 1. The van der Waals surface area contributed by atoms with E-state index in [-0.39, 0.29) is 17.3 Å². The zero-order valence-electron chi connectivity index (χ0n) is 19.7.